The Labute approximate surface area is 192 Å². The van der Waals surface area contributed by atoms with Gasteiger partial charge in [-0.15, -0.1) is 0 Å². The molecule has 1 saturated carbocycles. The Morgan fingerprint density at radius 1 is 1.15 bits per heavy atom. The van der Waals surface area contributed by atoms with Crippen molar-refractivity contribution in [3.05, 3.63) is 30.0 Å². The molecule has 1 N–H and O–H groups in total. The summed E-state index contributed by atoms with van der Waals surface area (Å²) in [6, 6.07) is 1.90. The summed E-state index contributed by atoms with van der Waals surface area (Å²) in [7, 11) is 0. The van der Waals surface area contributed by atoms with Crippen LogP contribution < -0.4 is 4.90 Å². The van der Waals surface area contributed by atoms with E-state index in [1.165, 1.54) is 0 Å². The van der Waals surface area contributed by atoms with Crippen molar-refractivity contribution in [2.45, 2.75) is 38.3 Å². The highest BCUT2D eigenvalue weighted by Gasteiger charge is 2.55. The molecule has 176 valence electrons. The van der Waals surface area contributed by atoms with Gasteiger partial charge in [0.1, 0.15) is 5.82 Å². The lowest BCUT2D eigenvalue weighted by Gasteiger charge is -2.29. The molecule has 2 saturated heterocycles. The number of anilines is 1. The highest BCUT2D eigenvalue weighted by molar-refractivity contribution is 5.88. The zero-order valence-corrected chi connectivity index (χ0v) is 18.8. The summed E-state index contributed by atoms with van der Waals surface area (Å²) in [5.41, 5.74) is 0.0161. The Hall–Kier alpha value is -2.72. The van der Waals surface area contributed by atoms with E-state index in [1.54, 1.807) is 17.3 Å². The van der Waals surface area contributed by atoms with Gasteiger partial charge in [0.25, 0.3) is 5.91 Å². The standard InChI is InChI=1S/C23H29FN6O3/c1-16-25-12-17(13-26-16)19-10-18(27-21(28-19)29-6-8-33-9-7-29)11-22(15-31)4-5-30(14-22)20(32)23(24)2-3-23/h10,12-13,31H,2-9,11,14-15H2,1H3/t22-/m0/s1. The van der Waals surface area contributed by atoms with E-state index in [-0.39, 0.29) is 6.61 Å². The number of aryl methyl sites for hydroxylation is 1. The number of aliphatic hydroxyl groups excluding tert-OH is 1. The monoisotopic (exact) mass is 456 g/mol. The third-order valence-electron chi connectivity index (χ3n) is 6.83. The van der Waals surface area contributed by atoms with E-state index in [2.05, 4.69) is 14.9 Å². The topological polar surface area (TPSA) is 105 Å². The molecule has 3 aliphatic rings. The molecular weight excluding hydrogens is 427 g/mol. The van der Waals surface area contributed by atoms with Crippen molar-refractivity contribution >= 4 is 11.9 Å². The van der Waals surface area contributed by atoms with Gasteiger partial charge in [0.2, 0.25) is 5.95 Å². The molecule has 2 aromatic rings. The van der Waals surface area contributed by atoms with Crippen molar-refractivity contribution in [2.75, 3.05) is 50.9 Å². The van der Waals surface area contributed by atoms with Crippen molar-refractivity contribution < 1.29 is 19.0 Å². The number of aliphatic hydroxyl groups is 1. The summed E-state index contributed by atoms with van der Waals surface area (Å²) in [4.78, 5) is 34.4. The van der Waals surface area contributed by atoms with Crippen LogP contribution >= 0.6 is 0 Å². The SMILES string of the molecule is Cc1ncc(-c2cc(C[C@@]3(CO)CCN(C(=O)C4(F)CC4)C3)nc(N3CCOCC3)n2)cn1. The molecule has 0 bridgehead atoms. The maximum atomic E-state index is 14.4. The number of alkyl halides is 1. The minimum Gasteiger partial charge on any atom is -0.396 e. The van der Waals surface area contributed by atoms with Crippen LogP contribution in [0.2, 0.25) is 0 Å². The smallest absolute Gasteiger partial charge is 0.260 e. The number of carbonyl (C=O) groups is 1. The molecule has 4 heterocycles. The van der Waals surface area contributed by atoms with E-state index in [4.69, 9.17) is 14.7 Å². The summed E-state index contributed by atoms with van der Waals surface area (Å²) < 4.78 is 19.8. The number of morpholine rings is 1. The first kappa shape index (κ1) is 22.1. The summed E-state index contributed by atoms with van der Waals surface area (Å²) in [6.45, 7) is 5.11. The molecule has 33 heavy (non-hydrogen) atoms. The first-order chi connectivity index (χ1) is 15.9. The molecule has 0 radical (unpaired) electrons. The molecule has 0 spiro atoms. The maximum absolute atomic E-state index is 14.4. The van der Waals surface area contributed by atoms with E-state index in [1.807, 2.05) is 13.0 Å². The second kappa shape index (κ2) is 8.57. The van der Waals surface area contributed by atoms with Gasteiger partial charge in [0, 0.05) is 55.2 Å². The molecule has 1 atom stereocenters. The normalized spacial score (nSPS) is 24.2. The number of carbonyl (C=O) groups excluding carboxylic acids is 1. The van der Waals surface area contributed by atoms with E-state index in [9.17, 15) is 14.3 Å². The predicted molar refractivity (Wildman–Crippen MR) is 118 cm³/mol. The Bertz CT molecular complexity index is 1030. The van der Waals surface area contributed by atoms with Crippen LogP contribution in [0, 0.1) is 12.3 Å². The second-order valence-electron chi connectivity index (χ2n) is 9.44. The van der Waals surface area contributed by atoms with Crippen molar-refractivity contribution in [1.82, 2.24) is 24.8 Å². The fourth-order valence-electron chi connectivity index (χ4n) is 4.58. The van der Waals surface area contributed by atoms with E-state index in [0.717, 1.165) is 11.3 Å². The molecule has 1 amide bonds. The summed E-state index contributed by atoms with van der Waals surface area (Å²) in [5, 5.41) is 10.3. The van der Waals surface area contributed by atoms with E-state index in [0.29, 0.717) is 82.5 Å². The molecule has 0 aromatic carbocycles. The number of hydrogen-bond donors (Lipinski definition) is 1. The highest BCUT2D eigenvalue weighted by Crippen LogP contribution is 2.44. The van der Waals surface area contributed by atoms with E-state index >= 15 is 0 Å². The number of amides is 1. The number of ether oxygens (including phenoxy) is 1. The average molecular weight is 457 g/mol. The maximum Gasteiger partial charge on any atom is 0.260 e. The number of likely N-dealkylation sites (tertiary alicyclic amines) is 1. The first-order valence-corrected chi connectivity index (χ1v) is 11.5. The predicted octanol–water partition coefficient (Wildman–Crippen LogP) is 1.33. The zero-order chi connectivity index (χ0) is 23.1. The van der Waals surface area contributed by atoms with Crippen molar-refractivity contribution in [1.29, 1.82) is 0 Å². The number of halogens is 1. The van der Waals surface area contributed by atoms with Crippen LogP contribution in [0.5, 0.6) is 0 Å². The lowest BCUT2D eigenvalue weighted by atomic mass is 9.83. The van der Waals surface area contributed by atoms with Crippen LogP contribution in [0.1, 0.15) is 30.8 Å². The van der Waals surface area contributed by atoms with Gasteiger partial charge >= 0.3 is 0 Å². The van der Waals surface area contributed by atoms with Crippen molar-refractivity contribution in [3.63, 3.8) is 0 Å². The van der Waals surface area contributed by atoms with Crippen LogP contribution in [0.15, 0.2) is 18.5 Å². The summed E-state index contributed by atoms with van der Waals surface area (Å²) >= 11 is 0. The quantitative estimate of drug-likeness (QED) is 0.694. The molecule has 1 aliphatic carbocycles. The number of aromatic nitrogens is 4. The Morgan fingerprint density at radius 2 is 1.88 bits per heavy atom. The van der Waals surface area contributed by atoms with E-state index < -0.39 is 17.0 Å². The van der Waals surface area contributed by atoms with Gasteiger partial charge in [0.15, 0.2) is 5.67 Å². The Kier molecular flexibility index (Phi) is 5.74. The molecule has 9 nitrogen and oxygen atoms in total. The van der Waals surface area contributed by atoms with Crippen LogP contribution in [0.3, 0.4) is 0 Å². The van der Waals surface area contributed by atoms with Crippen LogP contribution in [-0.2, 0) is 16.0 Å². The van der Waals surface area contributed by atoms with Crippen molar-refractivity contribution in [2.24, 2.45) is 5.41 Å². The minimum atomic E-state index is -1.69. The summed E-state index contributed by atoms with van der Waals surface area (Å²) in [5.74, 6) is 0.843. The highest BCUT2D eigenvalue weighted by atomic mass is 19.1. The van der Waals surface area contributed by atoms with Gasteiger partial charge in [-0.3, -0.25) is 4.79 Å². The molecule has 5 rings (SSSR count). The van der Waals surface area contributed by atoms with Gasteiger partial charge in [0.05, 0.1) is 25.5 Å². The van der Waals surface area contributed by atoms with Crippen LogP contribution in [0.25, 0.3) is 11.3 Å². The molecule has 2 aliphatic heterocycles. The molecule has 3 fully saturated rings. The average Bonchev–Trinajstić information content (AvgIpc) is 3.46. The number of rotatable bonds is 6. The third kappa shape index (κ3) is 4.54. The fourth-order valence-corrected chi connectivity index (χ4v) is 4.58. The lowest BCUT2D eigenvalue weighted by Crippen LogP contribution is -2.40. The van der Waals surface area contributed by atoms with Gasteiger partial charge in [-0.05, 0) is 38.7 Å². The minimum absolute atomic E-state index is 0.101. The fraction of sp³-hybridized carbons (Fsp3) is 0.609. The van der Waals surface area contributed by atoms with Gasteiger partial charge in [-0.1, -0.05) is 0 Å². The van der Waals surface area contributed by atoms with Gasteiger partial charge in [-0.2, -0.15) is 0 Å². The summed E-state index contributed by atoms with van der Waals surface area (Å²) in [6.07, 6.45) is 5.14. The molecule has 0 unspecified atom stereocenters. The van der Waals surface area contributed by atoms with Gasteiger partial charge < -0.3 is 19.6 Å². The Balaban J connectivity index is 1.44. The number of hydrogen-bond acceptors (Lipinski definition) is 8. The number of nitrogens with zero attached hydrogens (tertiary/aromatic N) is 6. The Morgan fingerprint density at radius 3 is 2.55 bits per heavy atom. The first-order valence-electron chi connectivity index (χ1n) is 11.5. The van der Waals surface area contributed by atoms with Crippen LogP contribution in [-0.4, -0.2) is 87.5 Å². The lowest BCUT2D eigenvalue weighted by molar-refractivity contribution is -0.137. The molecule has 2 aromatic heterocycles. The molecule has 10 heteroatoms. The largest absolute Gasteiger partial charge is 0.396 e. The zero-order valence-electron chi connectivity index (χ0n) is 18.8. The second-order valence-corrected chi connectivity index (χ2v) is 9.44. The van der Waals surface area contributed by atoms with Crippen molar-refractivity contribution in [3.8, 4) is 11.3 Å². The third-order valence-corrected chi connectivity index (χ3v) is 6.83. The molecular formula is C23H29FN6O3. The van der Waals surface area contributed by atoms with Crippen LogP contribution in [0.4, 0.5) is 10.3 Å². The van der Waals surface area contributed by atoms with Gasteiger partial charge in [-0.25, -0.2) is 24.3 Å².